The van der Waals surface area contributed by atoms with Crippen LogP contribution >= 0.6 is 0 Å². The van der Waals surface area contributed by atoms with Crippen LogP contribution in [0.15, 0.2) is 121 Å². The molecule has 0 aliphatic heterocycles. The average molecular weight is 540 g/mol. The summed E-state index contributed by atoms with van der Waals surface area (Å²) in [5.74, 6) is 0. The monoisotopic (exact) mass is 539 g/mol. The third-order valence-electron chi connectivity index (χ3n) is 5.73. The zero-order valence-electron chi connectivity index (χ0n) is 23.8. The van der Waals surface area contributed by atoms with Gasteiger partial charge in [0.15, 0.2) is 0 Å². The molecule has 0 spiro atoms. The van der Waals surface area contributed by atoms with E-state index in [9.17, 15) is 4.79 Å². The summed E-state index contributed by atoms with van der Waals surface area (Å²) in [5, 5.41) is 2.69. The highest BCUT2D eigenvalue weighted by molar-refractivity contribution is 5.67. The summed E-state index contributed by atoms with van der Waals surface area (Å²) in [6.07, 6.45) is 0.500. The van der Waals surface area contributed by atoms with Gasteiger partial charge in [0.2, 0.25) is 0 Å². The molecule has 1 atom stereocenters. The number of nitrogens with one attached hydrogen (secondary N) is 1. The predicted molar refractivity (Wildman–Crippen MR) is 161 cm³/mol. The van der Waals surface area contributed by atoms with E-state index in [-0.39, 0.29) is 12.2 Å². The molecule has 0 aliphatic carbocycles. The lowest BCUT2D eigenvalue weighted by Gasteiger charge is -2.19. The molecule has 0 saturated carbocycles. The van der Waals surface area contributed by atoms with Crippen molar-refractivity contribution in [3.05, 3.63) is 144 Å². The molecule has 5 nitrogen and oxygen atoms in total. The Morgan fingerprint density at radius 3 is 1.60 bits per heavy atom. The zero-order chi connectivity index (χ0) is 28.5. The van der Waals surface area contributed by atoms with Gasteiger partial charge in [-0.2, -0.15) is 0 Å². The van der Waals surface area contributed by atoms with Crippen LogP contribution in [0.1, 0.15) is 43.0 Å². The number of alkyl carbamates (subject to hydrolysis) is 1. The third kappa shape index (κ3) is 13.2. The number of rotatable bonds is 11. The quantitative estimate of drug-likeness (QED) is 0.212. The summed E-state index contributed by atoms with van der Waals surface area (Å²) in [6.45, 7) is 7.82. The highest BCUT2D eigenvalue weighted by Crippen LogP contribution is 2.11. The standard InChI is InChI=1S/C23H24O2.C12H17NO2/c1-4-10-20(11-5-1)16-23(25-18-22-14-8-3-9-15-22)19-24-17-21-12-6-2-7-13-21;1-12(2,3)15-11(14)13-9-10-7-5-4-6-8-10/h1-15,23H,16-19H2;4-8H,9H2,1-3H3,(H,13,14)/t23-;/m0./s1. The van der Waals surface area contributed by atoms with Crippen molar-refractivity contribution in [1.82, 2.24) is 5.32 Å². The van der Waals surface area contributed by atoms with Crippen molar-refractivity contribution in [2.24, 2.45) is 0 Å². The number of hydrogen-bond acceptors (Lipinski definition) is 4. The van der Waals surface area contributed by atoms with Crippen molar-refractivity contribution in [2.45, 2.75) is 58.7 Å². The topological polar surface area (TPSA) is 56.8 Å². The normalized spacial score (nSPS) is 11.6. The molecule has 0 unspecified atom stereocenters. The van der Waals surface area contributed by atoms with Crippen LogP contribution in [0.25, 0.3) is 0 Å². The lowest BCUT2D eigenvalue weighted by Crippen LogP contribution is -2.32. The van der Waals surface area contributed by atoms with Gasteiger partial charge < -0.3 is 19.5 Å². The summed E-state index contributed by atoms with van der Waals surface area (Å²) < 4.78 is 17.2. The molecular formula is C35H41NO4. The largest absolute Gasteiger partial charge is 0.444 e. The fraction of sp³-hybridized carbons (Fsp3) is 0.286. The van der Waals surface area contributed by atoms with Gasteiger partial charge in [0.05, 0.1) is 25.9 Å². The fourth-order valence-corrected chi connectivity index (χ4v) is 3.80. The summed E-state index contributed by atoms with van der Waals surface area (Å²) >= 11 is 0. The molecule has 0 saturated heterocycles. The van der Waals surface area contributed by atoms with E-state index in [4.69, 9.17) is 14.2 Å². The number of ether oxygens (including phenoxy) is 3. The summed E-state index contributed by atoms with van der Waals surface area (Å²) in [4.78, 5) is 11.3. The van der Waals surface area contributed by atoms with Crippen molar-refractivity contribution >= 4 is 6.09 Å². The molecule has 5 heteroatoms. The van der Waals surface area contributed by atoms with E-state index >= 15 is 0 Å². The Morgan fingerprint density at radius 2 is 1.10 bits per heavy atom. The van der Waals surface area contributed by atoms with Crippen LogP contribution in [0.4, 0.5) is 4.79 Å². The highest BCUT2D eigenvalue weighted by atomic mass is 16.6. The molecule has 4 rings (SSSR count). The Kier molecular flexibility index (Phi) is 12.9. The van der Waals surface area contributed by atoms with E-state index < -0.39 is 5.60 Å². The van der Waals surface area contributed by atoms with Gasteiger partial charge in [-0.15, -0.1) is 0 Å². The number of carbonyl (C=O) groups excluding carboxylic acids is 1. The van der Waals surface area contributed by atoms with E-state index in [1.165, 1.54) is 16.7 Å². The minimum absolute atomic E-state index is 0.0336. The molecule has 0 radical (unpaired) electrons. The van der Waals surface area contributed by atoms with Crippen LogP contribution in [0, 0.1) is 0 Å². The Morgan fingerprint density at radius 1 is 0.650 bits per heavy atom. The van der Waals surface area contributed by atoms with E-state index in [2.05, 4.69) is 53.8 Å². The lowest BCUT2D eigenvalue weighted by molar-refractivity contribution is -0.0290. The number of amides is 1. The molecule has 210 valence electrons. The Labute approximate surface area is 239 Å². The first kappa shape index (κ1) is 30.6. The Balaban J connectivity index is 0.000000252. The molecule has 4 aromatic carbocycles. The first-order valence-corrected chi connectivity index (χ1v) is 13.7. The molecule has 40 heavy (non-hydrogen) atoms. The first-order valence-electron chi connectivity index (χ1n) is 13.7. The van der Waals surface area contributed by atoms with Crippen LogP contribution in [0.2, 0.25) is 0 Å². The van der Waals surface area contributed by atoms with Gasteiger partial charge in [-0.05, 0) is 43.0 Å². The van der Waals surface area contributed by atoms with Crippen LogP contribution in [-0.4, -0.2) is 24.4 Å². The van der Waals surface area contributed by atoms with E-state index in [0.29, 0.717) is 26.4 Å². The van der Waals surface area contributed by atoms with E-state index in [1.807, 2.05) is 93.6 Å². The third-order valence-corrected chi connectivity index (χ3v) is 5.73. The molecule has 1 amide bonds. The lowest BCUT2D eigenvalue weighted by atomic mass is 10.1. The second kappa shape index (κ2) is 16.9. The molecule has 0 aliphatic rings. The molecular weight excluding hydrogens is 498 g/mol. The van der Waals surface area contributed by atoms with Gasteiger partial charge in [-0.1, -0.05) is 121 Å². The maximum absolute atomic E-state index is 11.3. The summed E-state index contributed by atoms with van der Waals surface area (Å²) in [6, 6.07) is 40.7. The first-order chi connectivity index (χ1) is 19.4. The van der Waals surface area contributed by atoms with E-state index in [1.54, 1.807) is 0 Å². The zero-order valence-corrected chi connectivity index (χ0v) is 23.8. The van der Waals surface area contributed by atoms with Crippen molar-refractivity contribution < 1.29 is 19.0 Å². The predicted octanol–water partition coefficient (Wildman–Crippen LogP) is 7.74. The second-order valence-corrected chi connectivity index (χ2v) is 10.5. The molecule has 0 aromatic heterocycles. The Hall–Kier alpha value is -3.93. The van der Waals surface area contributed by atoms with Gasteiger partial charge in [-0.3, -0.25) is 0 Å². The fourth-order valence-electron chi connectivity index (χ4n) is 3.80. The van der Waals surface area contributed by atoms with Crippen LogP contribution < -0.4 is 5.32 Å². The maximum Gasteiger partial charge on any atom is 0.407 e. The minimum atomic E-state index is -0.444. The minimum Gasteiger partial charge on any atom is -0.444 e. The average Bonchev–Trinajstić information content (AvgIpc) is 2.96. The summed E-state index contributed by atoms with van der Waals surface area (Å²) in [5.41, 5.74) is 4.25. The second-order valence-electron chi connectivity index (χ2n) is 10.5. The van der Waals surface area contributed by atoms with Crippen molar-refractivity contribution in [2.75, 3.05) is 6.61 Å². The van der Waals surface area contributed by atoms with Gasteiger partial charge >= 0.3 is 6.09 Å². The van der Waals surface area contributed by atoms with Gasteiger partial charge in [0, 0.05) is 13.0 Å². The number of benzene rings is 4. The SMILES string of the molecule is CC(C)(C)OC(=O)NCc1ccccc1.c1ccc(COC[C@H](Cc2ccccc2)OCc2ccccc2)cc1. The molecule has 4 aromatic rings. The molecule has 0 bridgehead atoms. The maximum atomic E-state index is 11.3. The number of hydrogen-bond donors (Lipinski definition) is 1. The van der Waals surface area contributed by atoms with Crippen molar-refractivity contribution in [3.63, 3.8) is 0 Å². The molecule has 1 N–H and O–H groups in total. The molecule has 0 fully saturated rings. The highest BCUT2D eigenvalue weighted by Gasteiger charge is 2.15. The molecule has 0 heterocycles. The van der Waals surface area contributed by atoms with Gasteiger partial charge in [0.1, 0.15) is 5.60 Å². The van der Waals surface area contributed by atoms with Crippen LogP contribution in [0.5, 0.6) is 0 Å². The van der Waals surface area contributed by atoms with Crippen molar-refractivity contribution in [3.8, 4) is 0 Å². The van der Waals surface area contributed by atoms with Gasteiger partial charge in [0.25, 0.3) is 0 Å². The smallest absolute Gasteiger partial charge is 0.407 e. The van der Waals surface area contributed by atoms with Gasteiger partial charge in [-0.25, -0.2) is 4.79 Å². The Bertz CT molecular complexity index is 1210. The van der Waals surface area contributed by atoms with Crippen LogP contribution in [-0.2, 0) is 40.4 Å². The van der Waals surface area contributed by atoms with Crippen molar-refractivity contribution in [1.29, 1.82) is 0 Å². The van der Waals surface area contributed by atoms with E-state index in [0.717, 1.165) is 12.0 Å². The number of carbonyl (C=O) groups is 1. The van der Waals surface area contributed by atoms with Crippen LogP contribution in [0.3, 0.4) is 0 Å². The summed E-state index contributed by atoms with van der Waals surface area (Å²) in [7, 11) is 0.